The Hall–Kier alpha value is -0.0400. The van der Waals surface area contributed by atoms with Crippen molar-refractivity contribution < 1.29 is 0 Å². The molecule has 1 heterocycles. The minimum Gasteiger partial charge on any atom is -0.300 e. The molecule has 0 spiro atoms. The second-order valence-electron chi connectivity index (χ2n) is 7.10. The summed E-state index contributed by atoms with van der Waals surface area (Å²) in [6.07, 6.45) is 0. The van der Waals surface area contributed by atoms with Crippen LogP contribution in [0.2, 0.25) is 0 Å². The zero-order chi connectivity index (χ0) is 10.7. The number of hydrogen-bond donors (Lipinski definition) is 0. The molecule has 15 heavy (non-hydrogen) atoms. The Morgan fingerprint density at radius 2 is 1.60 bits per heavy atom. The van der Waals surface area contributed by atoms with E-state index in [0.29, 0.717) is 0 Å². The average Bonchev–Trinajstić information content (AvgIpc) is 3.02. The molecule has 4 fully saturated rings. The van der Waals surface area contributed by atoms with Gasteiger partial charge in [-0.3, -0.25) is 4.90 Å². The molecule has 1 saturated heterocycles. The Kier molecular flexibility index (Phi) is 1.30. The third-order valence-corrected chi connectivity index (χ3v) is 7.31. The molecule has 4 aliphatic rings. The van der Waals surface area contributed by atoms with Gasteiger partial charge >= 0.3 is 0 Å². The third-order valence-electron chi connectivity index (χ3n) is 7.31. The van der Waals surface area contributed by atoms with Gasteiger partial charge in [-0.25, -0.2) is 0 Å². The lowest BCUT2D eigenvalue weighted by molar-refractivity contribution is 0.101. The Bertz CT molecular complexity index is 334. The van der Waals surface area contributed by atoms with Crippen molar-refractivity contribution in [1.82, 2.24) is 4.90 Å². The molecule has 3 aliphatic carbocycles. The Morgan fingerprint density at radius 3 is 2.27 bits per heavy atom. The van der Waals surface area contributed by atoms with E-state index in [1.807, 2.05) is 0 Å². The second-order valence-corrected chi connectivity index (χ2v) is 7.10. The molecule has 0 aromatic rings. The highest BCUT2D eigenvalue weighted by Gasteiger charge is 2.81. The van der Waals surface area contributed by atoms with E-state index in [4.69, 9.17) is 0 Å². The van der Waals surface area contributed by atoms with Gasteiger partial charge in [-0.1, -0.05) is 20.8 Å². The van der Waals surface area contributed by atoms with Crippen molar-refractivity contribution >= 4 is 0 Å². The first-order valence-corrected chi connectivity index (χ1v) is 6.73. The molecule has 0 aromatic carbocycles. The van der Waals surface area contributed by atoms with Gasteiger partial charge in [0, 0.05) is 12.1 Å². The van der Waals surface area contributed by atoms with Gasteiger partial charge in [0.25, 0.3) is 0 Å². The maximum atomic E-state index is 2.70. The van der Waals surface area contributed by atoms with Gasteiger partial charge in [0.2, 0.25) is 0 Å². The second kappa shape index (κ2) is 2.16. The summed E-state index contributed by atoms with van der Waals surface area (Å²) in [5, 5.41) is 0. The molecule has 0 aromatic heterocycles. The molecule has 9 unspecified atom stereocenters. The lowest BCUT2D eigenvalue weighted by Gasteiger charge is -2.37. The van der Waals surface area contributed by atoms with Gasteiger partial charge in [-0.15, -0.1) is 0 Å². The number of nitrogens with zero attached hydrogens (tertiary/aromatic N) is 1. The molecule has 0 amide bonds. The molecule has 0 N–H and O–H groups in total. The number of likely N-dealkylation sites (tertiary alicyclic amines) is 1. The van der Waals surface area contributed by atoms with Crippen molar-refractivity contribution in [3.05, 3.63) is 0 Å². The summed E-state index contributed by atoms with van der Waals surface area (Å²) in [5.74, 6) is 6.23. The maximum absolute atomic E-state index is 2.70. The Morgan fingerprint density at radius 1 is 0.933 bits per heavy atom. The normalized spacial score (nSPS) is 75.0. The van der Waals surface area contributed by atoms with Gasteiger partial charge in [-0.05, 0) is 54.9 Å². The first-order valence-electron chi connectivity index (χ1n) is 6.73. The monoisotopic (exact) mass is 205 g/mol. The van der Waals surface area contributed by atoms with Crippen molar-refractivity contribution in [2.24, 2.45) is 40.9 Å². The SMILES string of the molecule is CC1C2C3C(C3N1C)C(C)C1(C)C(C)C21. The van der Waals surface area contributed by atoms with Crippen LogP contribution < -0.4 is 0 Å². The lowest BCUT2D eigenvalue weighted by Crippen LogP contribution is -2.40. The molecule has 4 rings (SSSR count). The molecule has 1 aliphatic heterocycles. The molecule has 3 saturated carbocycles. The molecule has 1 nitrogen and oxygen atoms in total. The molecule has 0 radical (unpaired) electrons. The summed E-state index contributed by atoms with van der Waals surface area (Å²) in [6.45, 7) is 10.1. The lowest BCUT2D eigenvalue weighted by atomic mass is 9.73. The predicted molar refractivity (Wildman–Crippen MR) is 61.4 cm³/mol. The first-order chi connectivity index (χ1) is 7.01. The van der Waals surface area contributed by atoms with Crippen LogP contribution in [0.4, 0.5) is 0 Å². The van der Waals surface area contributed by atoms with Crippen molar-refractivity contribution in [1.29, 1.82) is 0 Å². The van der Waals surface area contributed by atoms with Crippen LogP contribution in [0, 0.1) is 40.9 Å². The maximum Gasteiger partial charge on any atom is 0.0164 e. The van der Waals surface area contributed by atoms with Crippen molar-refractivity contribution in [3.63, 3.8) is 0 Å². The molecular formula is C14H23N. The van der Waals surface area contributed by atoms with Crippen LogP contribution in [-0.2, 0) is 0 Å². The van der Waals surface area contributed by atoms with Crippen LogP contribution in [0.25, 0.3) is 0 Å². The van der Waals surface area contributed by atoms with E-state index >= 15 is 0 Å². The van der Waals surface area contributed by atoms with Crippen LogP contribution in [0.5, 0.6) is 0 Å². The molecule has 0 bridgehead atoms. The number of fused-ring (bicyclic) bond motifs is 3. The molecule has 84 valence electrons. The number of piperidine rings is 1. The zero-order valence-electron chi connectivity index (χ0n) is 10.6. The summed E-state index contributed by atoms with van der Waals surface area (Å²) >= 11 is 0. The minimum atomic E-state index is 0.718. The van der Waals surface area contributed by atoms with Crippen LogP contribution in [0.3, 0.4) is 0 Å². The highest BCUT2D eigenvalue weighted by Crippen LogP contribution is 2.81. The quantitative estimate of drug-likeness (QED) is 0.587. The van der Waals surface area contributed by atoms with E-state index in [9.17, 15) is 0 Å². The first kappa shape index (κ1) is 9.04. The van der Waals surface area contributed by atoms with Gasteiger partial charge in [-0.2, -0.15) is 0 Å². The predicted octanol–water partition coefficient (Wildman–Crippen LogP) is 2.47. The van der Waals surface area contributed by atoms with Crippen LogP contribution in [0.1, 0.15) is 27.7 Å². The Labute approximate surface area is 93.2 Å². The fraction of sp³-hybridized carbons (Fsp3) is 1.00. The number of rotatable bonds is 0. The van der Waals surface area contributed by atoms with Gasteiger partial charge in [0.15, 0.2) is 0 Å². The van der Waals surface area contributed by atoms with E-state index in [0.717, 1.165) is 53.0 Å². The van der Waals surface area contributed by atoms with Crippen LogP contribution in [0.15, 0.2) is 0 Å². The van der Waals surface area contributed by atoms with E-state index in [1.54, 1.807) is 0 Å². The number of hydrogen-bond acceptors (Lipinski definition) is 1. The van der Waals surface area contributed by atoms with Crippen LogP contribution >= 0.6 is 0 Å². The average molecular weight is 205 g/mol. The van der Waals surface area contributed by atoms with E-state index in [2.05, 4.69) is 39.6 Å². The van der Waals surface area contributed by atoms with Crippen molar-refractivity contribution in [3.8, 4) is 0 Å². The minimum absolute atomic E-state index is 0.718. The smallest absolute Gasteiger partial charge is 0.0164 e. The third kappa shape index (κ3) is 0.686. The standard InChI is InChI=1S/C14H23N/c1-6-9-11-10(8(3)15(5)13(9)11)12-7(2)14(6,12)4/h6-13H,1-5H3. The van der Waals surface area contributed by atoms with Gasteiger partial charge < -0.3 is 0 Å². The van der Waals surface area contributed by atoms with Crippen molar-refractivity contribution in [2.45, 2.75) is 39.8 Å². The van der Waals surface area contributed by atoms with Crippen molar-refractivity contribution in [2.75, 3.05) is 7.05 Å². The van der Waals surface area contributed by atoms with Gasteiger partial charge in [0.1, 0.15) is 0 Å². The van der Waals surface area contributed by atoms with Crippen LogP contribution in [-0.4, -0.2) is 24.0 Å². The Balaban J connectivity index is 1.78. The fourth-order valence-corrected chi connectivity index (χ4v) is 6.08. The van der Waals surface area contributed by atoms with E-state index < -0.39 is 0 Å². The summed E-state index contributed by atoms with van der Waals surface area (Å²) in [5.41, 5.74) is 0.718. The molecular weight excluding hydrogens is 182 g/mol. The zero-order valence-corrected chi connectivity index (χ0v) is 10.6. The summed E-state index contributed by atoms with van der Waals surface area (Å²) in [7, 11) is 2.37. The highest BCUT2D eigenvalue weighted by molar-refractivity contribution is 5.30. The summed E-state index contributed by atoms with van der Waals surface area (Å²) < 4.78 is 0. The highest BCUT2D eigenvalue weighted by atomic mass is 15.3. The summed E-state index contributed by atoms with van der Waals surface area (Å²) in [6, 6.07) is 1.83. The molecule has 1 heteroatoms. The van der Waals surface area contributed by atoms with E-state index in [1.165, 1.54) is 0 Å². The summed E-state index contributed by atoms with van der Waals surface area (Å²) in [4.78, 5) is 2.70. The van der Waals surface area contributed by atoms with Gasteiger partial charge in [0.05, 0.1) is 0 Å². The largest absolute Gasteiger partial charge is 0.300 e. The fourth-order valence-electron chi connectivity index (χ4n) is 6.08. The van der Waals surface area contributed by atoms with E-state index in [-0.39, 0.29) is 0 Å². The topological polar surface area (TPSA) is 3.24 Å². The molecule has 9 atom stereocenters.